The Labute approximate surface area is 117 Å². The van der Waals surface area contributed by atoms with E-state index < -0.39 is 15.7 Å². The first-order chi connectivity index (χ1) is 8.31. The first-order valence-corrected chi connectivity index (χ1v) is 7.84. The van der Waals surface area contributed by atoms with E-state index in [-0.39, 0.29) is 11.7 Å². The number of aryl methyl sites for hydroxylation is 1. The number of hydrogen-bond donors (Lipinski definition) is 1. The molecule has 0 aliphatic carbocycles. The van der Waals surface area contributed by atoms with Crippen molar-refractivity contribution in [2.45, 2.75) is 19.9 Å². The van der Waals surface area contributed by atoms with Crippen molar-refractivity contribution in [1.29, 1.82) is 0 Å². The van der Waals surface area contributed by atoms with Crippen LogP contribution in [-0.4, -0.2) is 27.2 Å². The topological polar surface area (TPSA) is 72.2 Å². The molecule has 0 amide bonds. The predicted molar refractivity (Wildman–Crippen MR) is 77.6 cm³/mol. The van der Waals surface area contributed by atoms with Gasteiger partial charge in [-0.2, -0.15) is 0 Å². The maximum Gasteiger partial charge on any atom is 0.273 e. The molecular formula is C11H15BrN2O3S. The minimum Gasteiger partial charge on any atom is -0.381 e. The zero-order chi connectivity index (χ0) is 13.9. The van der Waals surface area contributed by atoms with E-state index in [2.05, 4.69) is 21.2 Å². The van der Waals surface area contributed by atoms with E-state index in [1.54, 1.807) is 19.2 Å². The van der Waals surface area contributed by atoms with Crippen LogP contribution in [0.5, 0.6) is 0 Å². The Hall–Kier alpha value is -0.950. The second kappa shape index (κ2) is 6.29. The molecular weight excluding hydrogens is 320 g/mol. The van der Waals surface area contributed by atoms with E-state index in [4.69, 9.17) is 0 Å². The van der Waals surface area contributed by atoms with Crippen molar-refractivity contribution in [1.82, 2.24) is 0 Å². The smallest absolute Gasteiger partial charge is 0.273 e. The minimum absolute atomic E-state index is 0.0352. The van der Waals surface area contributed by atoms with Crippen molar-refractivity contribution >= 4 is 38.1 Å². The van der Waals surface area contributed by atoms with Crippen LogP contribution in [0.4, 0.5) is 11.4 Å². The quantitative estimate of drug-likeness (QED) is 0.663. The Morgan fingerprint density at radius 3 is 2.67 bits per heavy atom. The molecule has 1 aromatic carbocycles. The molecule has 2 atom stereocenters. The molecule has 0 saturated heterocycles. The number of nitrogens with one attached hydrogen (secondary N) is 1. The molecule has 0 aliphatic heterocycles. The lowest BCUT2D eigenvalue weighted by atomic mass is 10.1. The summed E-state index contributed by atoms with van der Waals surface area (Å²) in [5.41, 5.74) is 1.45. The fraction of sp³-hybridized carbons (Fsp3) is 0.455. The third kappa shape index (κ3) is 4.06. The second-order valence-corrected chi connectivity index (χ2v) is 6.49. The molecule has 0 spiro atoms. The molecule has 1 rings (SSSR count). The molecule has 0 aliphatic rings. The number of rotatable bonds is 5. The van der Waals surface area contributed by atoms with E-state index in [0.29, 0.717) is 15.8 Å². The first-order valence-electron chi connectivity index (χ1n) is 5.32. The van der Waals surface area contributed by atoms with Crippen LogP contribution in [0.1, 0.15) is 12.5 Å². The summed E-state index contributed by atoms with van der Waals surface area (Å²) in [7, 11) is -0.879. The van der Waals surface area contributed by atoms with E-state index in [9.17, 15) is 14.3 Å². The Morgan fingerprint density at radius 1 is 1.56 bits per heavy atom. The SMILES string of the molecule is Cc1cc(N[C@@H](C)C[S@@](C)=O)c(Br)cc1[N+](=O)[O-]. The van der Waals surface area contributed by atoms with Gasteiger partial charge in [0.1, 0.15) is 0 Å². The zero-order valence-electron chi connectivity index (χ0n) is 10.4. The Balaban J connectivity index is 2.94. The number of nitro benzene ring substituents is 1. The van der Waals surface area contributed by atoms with Crippen LogP contribution in [0, 0.1) is 17.0 Å². The van der Waals surface area contributed by atoms with Gasteiger partial charge in [-0.25, -0.2) is 0 Å². The number of benzene rings is 1. The summed E-state index contributed by atoms with van der Waals surface area (Å²) in [5.74, 6) is 0.530. The molecule has 7 heteroatoms. The molecule has 0 bridgehead atoms. The van der Waals surface area contributed by atoms with Crippen LogP contribution >= 0.6 is 15.9 Å². The third-order valence-corrected chi connectivity index (χ3v) is 3.99. The molecule has 0 heterocycles. The average molecular weight is 335 g/mol. The lowest BCUT2D eigenvalue weighted by Crippen LogP contribution is -2.22. The van der Waals surface area contributed by atoms with Gasteiger partial charge in [-0.05, 0) is 35.8 Å². The van der Waals surface area contributed by atoms with Crippen LogP contribution in [0.25, 0.3) is 0 Å². The normalized spacial score (nSPS) is 14.0. The summed E-state index contributed by atoms with van der Waals surface area (Å²) in [6, 6.07) is 3.23. The fourth-order valence-corrected chi connectivity index (χ4v) is 2.87. The number of nitrogens with zero attached hydrogens (tertiary/aromatic N) is 1. The molecule has 100 valence electrons. The van der Waals surface area contributed by atoms with Gasteiger partial charge in [0.15, 0.2) is 0 Å². The van der Waals surface area contributed by atoms with Crippen LogP contribution < -0.4 is 5.32 Å². The number of halogens is 1. The van der Waals surface area contributed by atoms with Crippen molar-refractivity contribution in [2.75, 3.05) is 17.3 Å². The number of nitro groups is 1. The second-order valence-electron chi connectivity index (χ2n) is 4.16. The van der Waals surface area contributed by atoms with Crippen LogP contribution in [0.3, 0.4) is 0 Å². The highest BCUT2D eigenvalue weighted by Crippen LogP contribution is 2.30. The summed E-state index contributed by atoms with van der Waals surface area (Å²) >= 11 is 3.30. The van der Waals surface area contributed by atoms with Crippen molar-refractivity contribution < 1.29 is 9.13 Å². The molecule has 0 aromatic heterocycles. The Bertz CT molecular complexity index is 493. The highest BCUT2D eigenvalue weighted by Gasteiger charge is 2.15. The van der Waals surface area contributed by atoms with Gasteiger partial charge in [0.2, 0.25) is 0 Å². The molecule has 5 nitrogen and oxygen atoms in total. The molecule has 1 aromatic rings. The highest BCUT2D eigenvalue weighted by atomic mass is 79.9. The van der Waals surface area contributed by atoms with E-state index in [1.807, 2.05) is 6.92 Å². The van der Waals surface area contributed by atoms with E-state index >= 15 is 0 Å². The molecule has 0 saturated carbocycles. The summed E-state index contributed by atoms with van der Waals surface area (Å²) in [4.78, 5) is 10.4. The average Bonchev–Trinajstić information content (AvgIpc) is 2.21. The number of anilines is 1. The van der Waals surface area contributed by atoms with Gasteiger partial charge in [0, 0.05) is 50.6 Å². The van der Waals surface area contributed by atoms with Crippen molar-refractivity contribution in [3.63, 3.8) is 0 Å². The molecule has 0 radical (unpaired) electrons. The molecule has 18 heavy (non-hydrogen) atoms. The van der Waals surface area contributed by atoms with E-state index in [1.165, 1.54) is 6.07 Å². The largest absolute Gasteiger partial charge is 0.381 e. The van der Waals surface area contributed by atoms with Gasteiger partial charge >= 0.3 is 0 Å². The van der Waals surface area contributed by atoms with Gasteiger partial charge in [-0.15, -0.1) is 0 Å². The maximum absolute atomic E-state index is 11.1. The van der Waals surface area contributed by atoms with Gasteiger partial charge in [-0.3, -0.25) is 14.3 Å². The fourth-order valence-electron chi connectivity index (χ4n) is 1.64. The van der Waals surface area contributed by atoms with Crippen molar-refractivity contribution in [2.24, 2.45) is 0 Å². The first kappa shape index (κ1) is 15.1. The van der Waals surface area contributed by atoms with Crippen LogP contribution in [-0.2, 0) is 10.8 Å². The lowest BCUT2D eigenvalue weighted by molar-refractivity contribution is -0.385. The Morgan fingerprint density at radius 2 is 2.17 bits per heavy atom. The highest BCUT2D eigenvalue weighted by molar-refractivity contribution is 9.10. The molecule has 0 unspecified atom stereocenters. The van der Waals surface area contributed by atoms with Crippen LogP contribution in [0.2, 0.25) is 0 Å². The summed E-state index contributed by atoms with van der Waals surface area (Å²) < 4.78 is 11.7. The predicted octanol–water partition coefficient (Wildman–Crippen LogP) is 2.84. The molecule has 1 N–H and O–H groups in total. The van der Waals surface area contributed by atoms with Gasteiger partial charge in [0.05, 0.1) is 4.92 Å². The Kier molecular flexibility index (Phi) is 5.28. The third-order valence-electron chi connectivity index (χ3n) is 2.37. The van der Waals surface area contributed by atoms with Crippen molar-refractivity contribution in [3.05, 3.63) is 32.3 Å². The minimum atomic E-state index is -0.879. The maximum atomic E-state index is 11.1. The summed E-state index contributed by atoms with van der Waals surface area (Å²) in [6.45, 7) is 3.61. The van der Waals surface area contributed by atoms with Crippen molar-refractivity contribution in [3.8, 4) is 0 Å². The van der Waals surface area contributed by atoms with Crippen LogP contribution in [0.15, 0.2) is 16.6 Å². The lowest BCUT2D eigenvalue weighted by Gasteiger charge is -2.15. The van der Waals surface area contributed by atoms with E-state index in [0.717, 1.165) is 5.69 Å². The monoisotopic (exact) mass is 334 g/mol. The van der Waals surface area contributed by atoms with Gasteiger partial charge < -0.3 is 5.32 Å². The van der Waals surface area contributed by atoms with Gasteiger partial charge in [0.25, 0.3) is 5.69 Å². The standard InChI is InChI=1S/C11H15BrN2O3S/c1-7-4-10(13-8(2)6-18(3)17)9(12)5-11(7)14(15)16/h4-5,8,13H,6H2,1-3H3/t8-,18+/m0/s1. The summed E-state index contributed by atoms with van der Waals surface area (Å²) in [5, 5.41) is 14.0. The summed E-state index contributed by atoms with van der Waals surface area (Å²) in [6.07, 6.45) is 1.65. The zero-order valence-corrected chi connectivity index (χ0v) is 12.8. The number of hydrogen-bond acceptors (Lipinski definition) is 4. The molecule has 0 fully saturated rings. The van der Waals surface area contributed by atoms with Gasteiger partial charge in [-0.1, -0.05) is 0 Å².